The molecule has 33 heavy (non-hydrogen) atoms. The Morgan fingerprint density at radius 3 is 1.15 bits per heavy atom. The summed E-state index contributed by atoms with van der Waals surface area (Å²) in [5.41, 5.74) is -1.06. The summed E-state index contributed by atoms with van der Waals surface area (Å²) in [6, 6.07) is -1.06. The summed E-state index contributed by atoms with van der Waals surface area (Å²) in [6.07, 6.45) is -0.224. The van der Waals surface area contributed by atoms with Gasteiger partial charge in [0.2, 0.25) is 0 Å². The molecule has 0 spiro atoms. The van der Waals surface area contributed by atoms with Crippen molar-refractivity contribution in [3.63, 3.8) is 0 Å². The molecule has 0 saturated carbocycles. The maximum absolute atomic E-state index is 11.6. The lowest BCUT2D eigenvalue weighted by molar-refractivity contribution is -0.927. The number of carbonyl (C=O) groups is 2. The van der Waals surface area contributed by atoms with Crippen LogP contribution in [-0.2, 0) is 27.8 Å². The van der Waals surface area contributed by atoms with E-state index in [2.05, 4.69) is 0 Å². The van der Waals surface area contributed by atoms with E-state index in [1.165, 1.54) is 0 Å². The highest BCUT2D eigenvalue weighted by Crippen LogP contribution is 2.71. The molecule has 0 aliphatic rings. The topological polar surface area (TPSA) is 331 Å². The smallest absolute Gasteiger partial charge is 0.395 e. The second-order valence-corrected chi connectivity index (χ2v) is 14.1. The molecule has 0 saturated heterocycles. The highest BCUT2D eigenvalue weighted by molar-refractivity contribution is 7.72. The first-order valence-corrected chi connectivity index (χ1v) is 15.4. The van der Waals surface area contributed by atoms with E-state index >= 15 is 0 Å². The summed E-state index contributed by atoms with van der Waals surface area (Å²) in [5, 5.41) is 16.3. The van der Waals surface area contributed by atoms with Crippen LogP contribution >= 0.6 is 30.4 Å². The number of quaternary nitrogens is 1. The third kappa shape index (κ3) is 10.7. The van der Waals surface area contributed by atoms with Crippen molar-refractivity contribution in [2.45, 2.75) is 43.8 Å². The van der Waals surface area contributed by atoms with E-state index in [9.17, 15) is 67.0 Å². The third-order valence-corrected chi connectivity index (χ3v) is 12.1. The molecule has 0 aromatic carbocycles. The number of rotatable bonds is 12. The van der Waals surface area contributed by atoms with Crippen molar-refractivity contribution in [1.82, 2.24) is 0 Å². The van der Waals surface area contributed by atoms with Crippen LogP contribution in [0.2, 0.25) is 0 Å². The van der Waals surface area contributed by atoms with Crippen molar-refractivity contribution >= 4 is 42.3 Å². The average molecular weight is 569 g/mol. The number of hydrogen-bond acceptors (Lipinski definition) is 7. The minimum atomic E-state index is -5.72. The molecule has 0 unspecified atom stereocenters. The van der Waals surface area contributed by atoms with Gasteiger partial charge in [0, 0.05) is 6.42 Å². The van der Waals surface area contributed by atoms with E-state index in [0.29, 0.717) is 0 Å². The summed E-state index contributed by atoms with van der Waals surface area (Å²) in [4.78, 5) is 94.2. The van der Waals surface area contributed by atoms with Crippen molar-refractivity contribution in [2.75, 3.05) is 13.1 Å². The fraction of sp³-hybridized carbons (Fsp3) is 0.818. The number of carboxylic acid groups (broad SMARTS) is 2. The number of carboxylic acids is 2. The van der Waals surface area contributed by atoms with Gasteiger partial charge in [-0.2, -0.15) is 0 Å². The first-order valence-electron chi connectivity index (χ1n) is 8.67. The van der Waals surface area contributed by atoms with Gasteiger partial charge in [0.05, 0.1) is 13.1 Å². The van der Waals surface area contributed by atoms with Gasteiger partial charge in [0.15, 0.2) is 0 Å². The van der Waals surface area contributed by atoms with Gasteiger partial charge < -0.3 is 55.1 Å². The normalized spacial score (nSPS) is 14.6. The summed E-state index contributed by atoms with van der Waals surface area (Å²) in [7, 11) is -22.9. The lowest BCUT2D eigenvalue weighted by Crippen LogP contribution is -2.60. The first kappa shape index (κ1) is 34.6. The van der Waals surface area contributed by atoms with Crippen LogP contribution in [0.1, 0.15) is 26.7 Å². The van der Waals surface area contributed by atoms with Crippen LogP contribution in [0, 0.1) is 0 Å². The third-order valence-electron chi connectivity index (χ3n) is 4.29. The Morgan fingerprint density at radius 1 is 0.727 bits per heavy atom. The molecule has 0 fully saturated rings. The molecule has 0 rings (SSSR count). The second-order valence-electron chi connectivity index (χ2n) is 6.66. The van der Waals surface area contributed by atoms with E-state index < -0.39 is 77.0 Å². The van der Waals surface area contributed by atoms with Crippen molar-refractivity contribution in [2.24, 2.45) is 5.73 Å². The van der Waals surface area contributed by atoms with Gasteiger partial charge in [-0.3, -0.25) is 32.3 Å². The largest absolute Gasteiger partial charge is 0.481 e. The highest BCUT2D eigenvalue weighted by Gasteiger charge is 2.68. The van der Waals surface area contributed by atoms with Crippen LogP contribution in [0.25, 0.3) is 0 Å². The Balaban J connectivity index is 0. The number of hydrogen-bond donors (Lipinski definition) is 11. The van der Waals surface area contributed by atoms with Gasteiger partial charge in [-0.25, -0.2) is 0 Å². The maximum Gasteiger partial charge on any atom is 0.395 e. The summed E-state index contributed by atoms with van der Waals surface area (Å²) >= 11 is 0. The molecule has 0 bridgehead atoms. The van der Waals surface area contributed by atoms with Gasteiger partial charge in [0.1, 0.15) is 6.04 Å². The van der Waals surface area contributed by atoms with Crippen LogP contribution in [-0.4, -0.2) is 96.0 Å². The molecule has 0 radical (unpaired) electrons. The van der Waals surface area contributed by atoms with Crippen molar-refractivity contribution < 1.29 is 81.7 Å². The summed E-state index contributed by atoms with van der Waals surface area (Å²) in [6.45, 7) is 0.552. The van der Waals surface area contributed by atoms with Crippen LogP contribution in [0.4, 0.5) is 0 Å². The molecule has 0 aliphatic heterocycles. The lowest BCUT2D eigenvalue weighted by Gasteiger charge is -2.47. The van der Waals surface area contributed by atoms with E-state index in [0.717, 1.165) is 13.8 Å². The van der Waals surface area contributed by atoms with Gasteiger partial charge in [-0.1, -0.05) is 0 Å². The minimum absolute atomic E-state index is 0.0231. The van der Waals surface area contributed by atoms with Crippen LogP contribution in [0.15, 0.2) is 0 Å². The molecule has 0 aliphatic carbocycles. The quantitative estimate of drug-likeness (QED) is 0.0929. The SMILES string of the molecule is CC[N+](CC)(C(P(=O)(O)O)P(=O)(O)O)C(P(=O)(O)O)P(=O)(O)O.N[C@@H](CCC(=O)O)C(=O)O. The van der Waals surface area contributed by atoms with Crippen molar-refractivity contribution in [1.29, 1.82) is 0 Å². The molecule has 1 atom stereocenters. The Bertz CT molecular complexity index is 772. The van der Waals surface area contributed by atoms with Gasteiger partial charge in [-0.05, 0) is 20.3 Å². The number of nitrogens with zero attached hydrogens (tertiary/aromatic N) is 1. The predicted octanol–water partition coefficient (Wildman–Crippen LogP) is -1.62. The number of nitrogens with two attached hydrogens (primary N) is 1. The Hall–Kier alpha value is -0.540. The Morgan fingerprint density at radius 2 is 1.00 bits per heavy atom. The minimum Gasteiger partial charge on any atom is -0.481 e. The molecular formula is C11H29N2O16P4+. The van der Waals surface area contributed by atoms with Crippen molar-refractivity contribution in [3.05, 3.63) is 0 Å². The second kappa shape index (κ2) is 12.4. The fourth-order valence-electron chi connectivity index (χ4n) is 2.99. The molecule has 0 amide bonds. The first-order chi connectivity index (χ1) is 14.4. The standard InChI is InChI=1S/C6H19NO12P4.C5H9NO4/c1-3-7(4-2,5(20(8,9)10)21(11,12)13)6(22(14,15)16)23(17,18)19;6-3(5(9)10)1-2-4(7)8/h5-6H,3-4H2,1-2H3,(H7-,8,9,10,11,12,13,14,15,16,17,18,19);3H,1-2,6H2,(H,7,8)(H,9,10)/p+1/t;3-/m.0/s1. The van der Waals surface area contributed by atoms with E-state index in [-0.39, 0.29) is 12.8 Å². The molecule has 0 aromatic heterocycles. The summed E-state index contributed by atoms with van der Waals surface area (Å²) in [5.74, 6) is -2.20. The van der Waals surface area contributed by atoms with E-state index in [1.54, 1.807) is 0 Å². The lowest BCUT2D eigenvalue weighted by atomic mass is 10.2. The Labute approximate surface area is 187 Å². The molecule has 0 aromatic rings. The van der Waals surface area contributed by atoms with Crippen LogP contribution in [0.3, 0.4) is 0 Å². The number of aliphatic carboxylic acids is 2. The molecular weight excluding hydrogens is 540 g/mol. The molecule has 12 N–H and O–H groups in total. The van der Waals surface area contributed by atoms with Crippen molar-refractivity contribution in [3.8, 4) is 0 Å². The maximum atomic E-state index is 11.6. The zero-order chi connectivity index (χ0) is 27.2. The van der Waals surface area contributed by atoms with Crippen LogP contribution < -0.4 is 5.73 Å². The van der Waals surface area contributed by atoms with Gasteiger partial charge in [0.25, 0.3) is 11.0 Å². The molecule has 22 heteroatoms. The Kier molecular flexibility index (Phi) is 13.0. The monoisotopic (exact) mass is 569 g/mol. The zero-order valence-electron chi connectivity index (χ0n) is 17.3. The predicted molar refractivity (Wildman–Crippen MR) is 110 cm³/mol. The fourth-order valence-corrected chi connectivity index (χ4v) is 10.8. The molecule has 18 nitrogen and oxygen atoms in total. The zero-order valence-corrected chi connectivity index (χ0v) is 20.9. The van der Waals surface area contributed by atoms with E-state index in [1.807, 2.05) is 0 Å². The van der Waals surface area contributed by atoms with Gasteiger partial charge >= 0.3 is 42.3 Å². The summed E-state index contributed by atoms with van der Waals surface area (Å²) < 4.78 is 44.5. The molecule has 198 valence electrons. The van der Waals surface area contributed by atoms with Gasteiger partial charge in [-0.15, -0.1) is 0 Å². The van der Waals surface area contributed by atoms with E-state index in [4.69, 9.17) is 15.9 Å². The van der Waals surface area contributed by atoms with Crippen LogP contribution in [0.5, 0.6) is 0 Å². The average Bonchev–Trinajstić information content (AvgIpc) is 2.54. The highest BCUT2D eigenvalue weighted by atomic mass is 31.2. The molecule has 0 heterocycles.